The molecule has 132 valence electrons. The predicted molar refractivity (Wildman–Crippen MR) is 97.3 cm³/mol. The van der Waals surface area contributed by atoms with Gasteiger partial charge in [0.15, 0.2) is 0 Å². The maximum Gasteiger partial charge on any atom is 0.269 e. The zero-order valence-corrected chi connectivity index (χ0v) is 14.8. The summed E-state index contributed by atoms with van der Waals surface area (Å²) < 4.78 is 0. The second-order valence-electron chi connectivity index (χ2n) is 5.39. The summed E-state index contributed by atoms with van der Waals surface area (Å²) in [6, 6.07) is 10.8. The van der Waals surface area contributed by atoms with Gasteiger partial charge < -0.3 is 5.32 Å². The van der Waals surface area contributed by atoms with E-state index in [1.54, 1.807) is 18.2 Å². The molecular weight excluding hydrogens is 338 g/mol. The van der Waals surface area contributed by atoms with Gasteiger partial charge in [-0.05, 0) is 42.0 Å². The van der Waals surface area contributed by atoms with Crippen LogP contribution in [0.5, 0.6) is 0 Å². The zero-order valence-electron chi connectivity index (χ0n) is 14.0. The Kier molecular flexibility index (Phi) is 7.16. The van der Waals surface area contributed by atoms with Gasteiger partial charge in [0, 0.05) is 18.5 Å². The van der Waals surface area contributed by atoms with Crippen molar-refractivity contribution < 1.29 is 14.4 Å². The van der Waals surface area contributed by atoms with Crippen LogP contribution in [0, 0.1) is 0 Å². The van der Waals surface area contributed by atoms with Gasteiger partial charge in [-0.2, -0.15) is 0 Å². The number of hydrazine groups is 1. The average molecular weight is 359 g/mol. The van der Waals surface area contributed by atoms with Crippen molar-refractivity contribution in [1.29, 1.82) is 0 Å². The molecule has 0 aliphatic carbocycles. The number of amides is 3. The fourth-order valence-corrected chi connectivity index (χ4v) is 2.74. The molecule has 6 nitrogen and oxygen atoms in total. The molecule has 0 saturated carbocycles. The van der Waals surface area contributed by atoms with Gasteiger partial charge in [-0.25, -0.2) is 0 Å². The summed E-state index contributed by atoms with van der Waals surface area (Å²) in [5.74, 6) is -0.801. The van der Waals surface area contributed by atoms with Crippen molar-refractivity contribution in [3.05, 3.63) is 57.8 Å². The summed E-state index contributed by atoms with van der Waals surface area (Å²) in [5, 5.41) is 4.58. The molecule has 0 fully saturated rings. The molecule has 3 N–H and O–H groups in total. The minimum atomic E-state index is -0.359. The van der Waals surface area contributed by atoms with Crippen molar-refractivity contribution in [1.82, 2.24) is 16.2 Å². The lowest BCUT2D eigenvalue weighted by molar-refractivity contribution is -0.121. The first-order valence-corrected chi connectivity index (χ1v) is 8.98. The van der Waals surface area contributed by atoms with E-state index in [9.17, 15) is 14.4 Å². The predicted octanol–water partition coefficient (Wildman–Crippen LogP) is 2.28. The van der Waals surface area contributed by atoms with Crippen molar-refractivity contribution in [2.75, 3.05) is 6.54 Å². The lowest BCUT2D eigenvalue weighted by atomic mass is 10.1. The molecule has 0 saturated heterocycles. The van der Waals surface area contributed by atoms with Crippen molar-refractivity contribution in [3.8, 4) is 0 Å². The van der Waals surface area contributed by atoms with Crippen LogP contribution in [-0.2, 0) is 11.2 Å². The maximum absolute atomic E-state index is 11.9. The van der Waals surface area contributed by atoms with Crippen molar-refractivity contribution >= 4 is 29.1 Å². The number of hydrogen-bond donors (Lipinski definition) is 3. The minimum Gasteiger partial charge on any atom is -0.351 e. The van der Waals surface area contributed by atoms with Crippen LogP contribution in [0.4, 0.5) is 0 Å². The topological polar surface area (TPSA) is 87.3 Å². The van der Waals surface area contributed by atoms with Gasteiger partial charge in [0.05, 0.1) is 4.88 Å². The van der Waals surface area contributed by atoms with E-state index in [-0.39, 0.29) is 24.1 Å². The molecule has 7 heteroatoms. The Morgan fingerprint density at radius 3 is 2.40 bits per heavy atom. The van der Waals surface area contributed by atoms with Gasteiger partial charge in [0.25, 0.3) is 11.8 Å². The number of carbonyl (C=O) groups excluding carboxylic acids is 3. The molecule has 1 heterocycles. The quantitative estimate of drug-likeness (QED) is 0.523. The van der Waals surface area contributed by atoms with Crippen LogP contribution in [0.25, 0.3) is 0 Å². The molecule has 1 aromatic carbocycles. The molecule has 1 aromatic heterocycles. The third-order valence-corrected chi connectivity index (χ3v) is 4.42. The first kappa shape index (κ1) is 18.7. The van der Waals surface area contributed by atoms with E-state index in [0.29, 0.717) is 23.4 Å². The maximum atomic E-state index is 11.9. The first-order valence-electron chi connectivity index (χ1n) is 8.10. The van der Waals surface area contributed by atoms with Crippen LogP contribution in [0.1, 0.15) is 45.4 Å². The largest absolute Gasteiger partial charge is 0.351 e. The molecule has 0 spiro atoms. The van der Waals surface area contributed by atoms with Crippen LogP contribution in [-0.4, -0.2) is 24.3 Å². The second-order valence-corrected chi connectivity index (χ2v) is 6.34. The smallest absolute Gasteiger partial charge is 0.269 e. The van der Waals surface area contributed by atoms with Crippen LogP contribution >= 0.6 is 11.3 Å². The van der Waals surface area contributed by atoms with E-state index in [2.05, 4.69) is 16.2 Å². The highest BCUT2D eigenvalue weighted by atomic mass is 32.1. The Morgan fingerprint density at radius 1 is 1.00 bits per heavy atom. The molecule has 0 atom stereocenters. The summed E-state index contributed by atoms with van der Waals surface area (Å²) in [7, 11) is 0. The molecule has 0 aliphatic heterocycles. The molecule has 2 rings (SSSR count). The molecule has 0 unspecified atom stereocenters. The number of nitrogens with one attached hydrogen (secondary N) is 3. The van der Waals surface area contributed by atoms with Gasteiger partial charge in [-0.3, -0.25) is 25.2 Å². The van der Waals surface area contributed by atoms with Gasteiger partial charge in [-0.15, -0.1) is 11.3 Å². The highest BCUT2D eigenvalue weighted by Crippen LogP contribution is 2.07. The monoisotopic (exact) mass is 359 g/mol. The summed E-state index contributed by atoms with van der Waals surface area (Å²) in [6.45, 7) is 2.44. The Balaban J connectivity index is 1.63. The Hall–Kier alpha value is -2.67. The van der Waals surface area contributed by atoms with Gasteiger partial charge in [0.2, 0.25) is 5.91 Å². The molecule has 0 bridgehead atoms. The fourth-order valence-electron chi connectivity index (χ4n) is 2.10. The summed E-state index contributed by atoms with van der Waals surface area (Å²) in [6.07, 6.45) is 1.60. The van der Waals surface area contributed by atoms with Crippen molar-refractivity contribution in [2.45, 2.75) is 26.2 Å². The number of carbonyl (C=O) groups is 3. The average Bonchev–Trinajstić information content (AvgIpc) is 3.18. The number of rotatable bonds is 7. The second kappa shape index (κ2) is 9.58. The van der Waals surface area contributed by atoms with E-state index in [4.69, 9.17) is 0 Å². The normalized spacial score (nSPS) is 10.1. The molecule has 0 aliphatic rings. The minimum absolute atomic E-state index is 0.140. The zero-order chi connectivity index (χ0) is 18.1. The van der Waals surface area contributed by atoms with Crippen LogP contribution < -0.4 is 16.2 Å². The fraction of sp³-hybridized carbons (Fsp3) is 0.278. The number of benzene rings is 1. The summed E-state index contributed by atoms with van der Waals surface area (Å²) in [5.41, 5.74) is 6.39. The van der Waals surface area contributed by atoms with Gasteiger partial charge in [0.1, 0.15) is 0 Å². The third-order valence-electron chi connectivity index (χ3n) is 3.55. The van der Waals surface area contributed by atoms with Crippen LogP contribution in [0.2, 0.25) is 0 Å². The molecule has 2 aromatic rings. The lowest BCUT2D eigenvalue weighted by Crippen LogP contribution is -2.41. The first-order chi connectivity index (χ1) is 12.1. The number of aryl methyl sites for hydroxylation is 1. The van der Waals surface area contributed by atoms with E-state index in [0.717, 1.165) is 12.0 Å². The van der Waals surface area contributed by atoms with Crippen LogP contribution in [0.3, 0.4) is 0 Å². The van der Waals surface area contributed by atoms with Gasteiger partial charge >= 0.3 is 0 Å². The van der Waals surface area contributed by atoms with Crippen molar-refractivity contribution in [2.24, 2.45) is 0 Å². The third kappa shape index (κ3) is 6.04. The van der Waals surface area contributed by atoms with E-state index in [1.807, 2.05) is 30.5 Å². The standard InChI is InChI=1S/C18H21N3O3S/c1-2-13-7-9-14(10-8-13)17(23)21-20-16(22)6-3-11-19-18(24)15-5-4-12-25-15/h4-5,7-10,12H,2-3,6,11H2,1H3,(H,19,24)(H,20,22)(H,21,23). The van der Waals surface area contributed by atoms with E-state index in [1.165, 1.54) is 11.3 Å². The van der Waals surface area contributed by atoms with Gasteiger partial charge in [-0.1, -0.05) is 25.1 Å². The highest BCUT2D eigenvalue weighted by Gasteiger charge is 2.08. The summed E-state index contributed by atoms with van der Waals surface area (Å²) >= 11 is 1.37. The number of hydrogen-bond acceptors (Lipinski definition) is 4. The molecule has 0 radical (unpaired) electrons. The van der Waals surface area contributed by atoms with Crippen LogP contribution in [0.15, 0.2) is 41.8 Å². The van der Waals surface area contributed by atoms with Crippen molar-refractivity contribution in [3.63, 3.8) is 0 Å². The number of thiophene rings is 1. The molecular formula is C18H21N3O3S. The lowest BCUT2D eigenvalue weighted by Gasteiger charge is -2.08. The Labute approximate surface area is 150 Å². The molecule has 25 heavy (non-hydrogen) atoms. The Morgan fingerprint density at radius 2 is 1.76 bits per heavy atom. The van der Waals surface area contributed by atoms with E-state index >= 15 is 0 Å². The summed E-state index contributed by atoms with van der Waals surface area (Å²) in [4.78, 5) is 36.0. The molecule has 3 amide bonds. The SMILES string of the molecule is CCc1ccc(C(=O)NNC(=O)CCCNC(=O)c2cccs2)cc1. The van der Waals surface area contributed by atoms with E-state index < -0.39 is 0 Å². The Bertz CT molecular complexity index is 712. The highest BCUT2D eigenvalue weighted by molar-refractivity contribution is 7.12.